The van der Waals surface area contributed by atoms with Gasteiger partial charge in [-0.3, -0.25) is 4.79 Å². The Balaban J connectivity index is 1.58. The standard InChI is InChI=1S/C28H33N5O2/c1-6-32(7-2)20-12-8-19(9-13-20)26-30-27-29-22-16-28(3,4)17-23(34)24(22)25(33(27)31-26)18-10-14-21(35-5)15-11-18/h8-15,25H,6-7,16-17H2,1-5H3,(H,29,30,31). The van der Waals surface area contributed by atoms with Crippen LogP contribution < -0.4 is 15.0 Å². The number of carbonyl (C=O) groups is 1. The molecule has 0 radical (unpaired) electrons. The van der Waals surface area contributed by atoms with Crippen LogP contribution in [0.15, 0.2) is 59.8 Å². The number of ether oxygens (including phenoxy) is 1. The van der Waals surface area contributed by atoms with Crippen molar-refractivity contribution < 1.29 is 9.53 Å². The lowest BCUT2D eigenvalue weighted by molar-refractivity contribution is -0.118. The van der Waals surface area contributed by atoms with Crippen LogP contribution in [-0.2, 0) is 4.79 Å². The van der Waals surface area contributed by atoms with Gasteiger partial charge in [0.15, 0.2) is 11.6 Å². The van der Waals surface area contributed by atoms with Crippen molar-refractivity contribution in [3.8, 4) is 17.1 Å². The van der Waals surface area contributed by atoms with E-state index in [-0.39, 0.29) is 17.2 Å². The number of hydrogen-bond acceptors (Lipinski definition) is 6. The number of benzene rings is 2. The monoisotopic (exact) mass is 471 g/mol. The molecular formula is C28H33N5O2. The number of fused-ring (bicyclic) bond motifs is 1. The van der Waals surface area contributed by atoms with Gasteiger partial charge in [-0.25, -0.2) is 4.68 Å². The summed E-state index contributed by atoms with van der Waals surface area (Å²) in [5, 5.41) is 8.37. The predicted octanol–water partition coefficient (Wildman–Crippen LogP) is 5.46. The van der Waals surface area contributed by atoms with E-state index in [0.717, 1.165) is 47.7 Å². The van der Waals surface area contributed by atoms with Crippen LogP contribution in [0.1, 0.15) is 52.1 Å². The molecule has 0 fully saturated rings. The van der Waals surface area contributed by atoms with Crippen LogP contribution in [-0.4, -0.2) is 40.7 Å². The zero-order valence-corrected chi connectivity index (χ0v) is 21.1. The molecule has 5 rings (SSSR count). The highest BCUT2D eigenvalue weighted by atomic mass is 16.5. The normalized spacial score (nSPS) is 18.5. The van der Waals surface area contributed by atoms with Gasteiger partial charge in [0.25, 0.3) is 0 Å². The third-order valence-electron chi connectivity index (χ3n) is 7.02. The van der Waals surface area contributed by atoms with Crippen LogP contribution in [0.4, 0.5) is 11.6 Å². The summed E-state index contributed by atoms with van der Waals surface area (Å²) >= 11 is 0. The Morgan fingerprint density at radius 3 is 2.37 bits per heavy atom. The molecule has 0 saturated carbocycles. The molecule has 0 spiro atoms. The molecular weight excluding hydrogens is 438 g/mol. The minimum Gasteiger partial charge on any atom is -0.497 e. The summed E-state index contributed by atoms with van der Waals surface area (Å²) in [6.45, 7) is 10.5. The largest absolute Gasteiger partial charge is 0.497 e. The first-order chi connectivity index (χ1) is 16.8. The molecule has 1 N–H and O–H groups in total. The maximum absolute atomic E-state index is 13.4. The van der Waals surface area contributed by atoms with Crippen molar-refractivity contribution >= 4 is 17.4 Å². The smallest absolute Gasteiger partial charge is 0.226 e. The van der Waals surface area contributed by atoms with Gasteiger partial charge in [-0.2, -0.15) is 4.98 Å². The lowest BCUT2D eigenvalue weighted by atomic mass is 9.73. The summed E-state index contributed by atoms with van der Waals surface area (Å²) in [7, 11) is 1.65. The number of aromatic nitrogens is 3. The van der Waals surface area contributed by atoms with Crippen LogP contribution in [0, 0.1) is 5.41 Å². The molecule has 0 amide bonds. The SMILES string of the molecule is CCN(CC)c1ccc(-c2nc3n(n2)C(c2ccc(OC)cc2)C2=C(CC(C)(C)CC2=O)N3)cc1. The average molecular weight is 472 g/mol. The van der Waals surface area contributed by atoms with E-state index in [1.54, 1.807) is 7.11 Å². The van der Waals surface area contributed by atoms with E-state index < -0.39 is 0 Å². The van der Waals surface area contributed by atoms with E-state index in [9.17, 15) is 4.79 Å². The Hall–Kier alpha value is -3.61. The zero-order chi connectivity index (χ0) is 24.7. The minimum absolute atomic E-state index is 0.0986. The molecule has 3 aromatic rings. The Bertz CT molecular complexity index is 1270. The van der Waals surface area contributed by atoms with Gasteiger partial charge in [0, 0.05) is 42.0 Å². The number of hydrogen-bond donors (Lipinski definition) is 1. The second-order valence-corrected chi connectivity index (χ2v) is 10.1. The van der Waals surface area contributed by atoms with Crippen molar-refractivity contribution in [3.05, 3.63) is 65.4 Å². The molecule has 7 heteroatoms. The van der Waals surface area contributed by atoms with Crippen molar-refractivity contribution in [2.45, 2.75) is 46.6 Å². The van der Waals surface area contributed by atoms with E-state index in [4.69, 9.17) is 14.8 Å². The fraction of sp³-hybridized carbons (Fsp3) is 0.393. The molecule has 1 unspecified atom stereocenters. The van der Waals surface area contributed by atoms with Gasteiger partial charge >= 0.3 is 0 Å². The van der Waals surface area contributed by atoms with E-state index in [1.807, 2.05) is 28.9 Å². The molecule has 1 atom stereocenters. The number of Topliss-reactive ketones (excluding diaryl/α,β-unsaturated/α-hetero) is 1. The molecule has 0 bridgehead atoms. The summed E-state index contributed by atoms with van der Waals surface area (Å²) in [4.78, 5) is 20.6. The number of carbonyl (C=O) groups excluding carboxylic acids is 1. The van der Waals surface area contributed by atoms with E-state index in [1.165, 1.54) is 5.69 Å². The van der Waals surface area contributed by atoms with E-state index in [2.05, 4.69) is 62.2 Å². The number of ketones is 1. The van der Waals surface area contributed by atoms with Gasteiger partial charge in [0.05, 0.1) is 7.11 Å². The van der Waals surface area contributed by atoms with Crippen LogP contribution in [0.2, 0.25) is 0 Å². The molecule has 0 saturated heterocycles. The molecule has 7 nitrogen and oxygen atoms in total. The average Bonchev–Trinajstić information content (AvgIpc) is 3.27. The molecule has 2 aromatic carbocycles. The van der Waals surface area contributed by atoms with E-state index >= 15 is 0 Å². The summed E-state index contributed by atoms with van der Waals surface area (Å²) in [6.07, 6.45) is 1.31. The quantitative estimate of drug-likeness (QED) is 0.515. The Kier molecular flexibility index (Phi) is 5.87. The summed E-state index contributed by atoms with van der Waals surface area (Å²) in [5.74, 6) is 2.25. The van der Waals surface area contributed by atoms with Gasteiger partial charge in [-0.05, 0) is 67.6 Å². The number of nitrogens with one attached hydrogen (secondary N) is 1. The Labute approximate surface area is 206 Å². The molecule has 2 aliphatic rings. The first-order valence-electron chi connectivity index (χ1n) is 12.3. The maximum atomic E-state index is 13.4. The number of methoxy groups -OCH3 is 1. The van der Waals surface area contributed by atoms with Crippen molar-refractivity contribution in [2.75, 3.05) is 30.4 Å². The first kappa shape index (κ1) is 23.1. The minimum atomic E-state index is -0.327. The van der Waals surface area contributed by atoms with Crippen LogP contribution in [0.3, 0.4) is 0 Å². The molecule has 1 aromatic heterocycles. The summed E-state index contributed by atoms with van der Waals surface area (Å²) < 4.78 is 7.22. The number of allylic oxidation sites excluding steroid dienone is 2. The van der Waals surface area contributed by atoms with Crippen LogP contribution in [0.25, 0.3) is 11.4 Å². The zero-order valence-electron chi connectivity index (χ0n) is 21.1. The molecule has 182 valence electrons. The van der Waals surface area contributed by atoms with Crippen molar-refractivity contribution in [1.82, 2.24) is 14.8 Å². The van der Waals surface area contributed by atoms with Crippen LogP contribution in [0.5, 0.6) is 5.75 Å². The molecule has 1 aliphatic heterocycles. The molecule has 35 heavy (non-hydrogen) atoms. The highest BCUT2D eigenvalue weighted by Crippen LogP contribution is 2.45. The number of nitrogens with zero attached hydrogens (tertiary/aromatic N) is 4. The van der Waals surface area contributed by atoms with Gasteiger partial charge in [0.2, 0.25) is 5.95 Å². The number of anilines is 2. The van der Waals surface area contributed by atoms with Crippen molar-refractivity contribution in [3.63, 3.8) is 0 Å². The van der Waals surface area contributed by atoms with Crippen molar-refractivity contribution in [2.24, 2.45) is 5.41 Å². The van der Waals surface area contributed by atoms with Crippen molar-refractivity contribution in [1.29, 1.82) is 0 Å². The van der Waals surface area contributed by atoms with Gasteiger partial charge in [-0.15, -0.1) is 5.10 Å². The lowest BCUT2D eigenvalue weighted by Crippen LogP contribution is -2.36. The Morgan fingerprint density at radius 1 is 1.06 bits per heavy atom. The fourth-order valence-corrected chi connectivity index (χ4v) is 5.24. The third kappa shape index (κ3) is 4.20. The van der Waals surface area contributed by atoms with Gasteiger partial charge < -0.3 is 15.0 Å². The second kappa shape index (κ2) is 8.87. The van der Waals surface area contributed by atoms with Gasteiger partial charge in [-0.1, -0.05) is 26.0 Å². The third-order valence-corrected chi connectivity index (χ3v) is 7.02. The topological polar surface area (TPSA) is 72.3 Å². The lowest BCUT2D eigenvalue weighted by Gasteiger charge is -2.38. The van der Waals surface area contributed by atoms with Gasteiger partial charge in [0.1, 0.15) is 11.8 Å². The molecule has 2 heterocycles. The summed E-state index contributed by atoms with van der Waals surface area (Å²) in [6, 6.07) is 15.9. The predicted molar refractivity (Wildman–Crippen MR) is 139 cm³/mol. The fourth-order valence-electron chi connectivity index (χ4n) is 5.24. The second-order valence-electron chi connectivity index (χ2n) is 10.1. The highest BCUT2D eigenvalue weighted by molar-refractivity contribution is 6.00. The van der Waals surface area contributed by atoms with Crippen LogP contribution >= 0.6 is 0 Å². The first-order valence-corrected chi connectivity index (χ1v) is 12.3. The summed E-state index contributed by atoms with van der Waals surface area (Å²) in [5.41, 5.74) is 4.76. The number of rotatable bonds is 6. The van der Waals surface area contributed by atoms with E-state index in [0.29, 0.717) is 18.2 Å². The maximum Gasteiger partial charge on any atom is 0.226 e. The molecule has 1 aliphatic carbocycles. The Morgan fingerprint density at radius 2 is 1.74 bits per heavy atom. The highest BCUT2D eigenvalue weighted by Gasteiger charge is 2.41.